The van der Waals surface area contributed by atoms with Crippen molar-refractivity contribution < 1.29 is 22.7 Å². The van der Waals surface area contributed by atoms with Gasteiger partial charge in [-0.05, 0) is 56.3 Å². The van der Waals surface area contributed by atoms with Crippen LogP contribution in [-0.4, -0.2) is 12.1 Å². The number of rotatable bonds is 3. The van der Waals surface area contributed by atoms with E-state index in [2.05, 4.69) is 6.92 Å². The molecule has 0 aromatic heterocycles. The van der Waals surface area contributed by atoms with E-state index in [1.165, 1.54) is 6.42 Å². The summed E-state index contributed by atoms with van der Waals surface area (Å²) in [5.41, 5.74) is -0.114. The van der Waals surface area contributed by atoms with E-state index in [-0.39, 0.29) is 11.3 Å². The predicted octanol–water partition coefficient (Wildman–Crippen LogP) is 4.21. The molecule has 3 unspecified atom stereocenters. The first kappa shape index (κ1) is 14.0. The summed E-state index contributed by atoms with van der Waals surface area (Å²) in [6, 6.07) is 0. The lowest BCUT2D eigenvalue weighted by molar-refractivity contribution is -0.192. The Morgan fingerprint density at radius 2 is 1.75 bits per heavy atom. The van der Waals surface area contributed by atoms with Gasteiger partial charge in [-0.1, -0.05) is 6.92 Å². The molecule has 0 aromatic rings. The summed E-state index contributed by atoms with van der Waals surface area (Å²) in [6.07, 6.45) is 3.06. The lowest BCUT2D eigenvalue weighted by atomic mass is 9.47. The van der Waals surface area contributed by atoms with E-state index in [9.17, 15) is 18.0 Å². The molecular weight excluding hydrogens is 269 g/mol. The molecule has 0 radical (unpaired) electrons. The Morgan fingerprint density at radius 1 is 1.15 bits per heavy atom. The third-order valence-corrected chi connectivity index (χ3v) is 5.64. The molecule has 4 aliphatic rings. The van der Waals surface area contributed by atoms with E-state index >= 15 is 0 Å². The molecule has 4 fully saturated rings. The molecule has 0 saturated heterocycles. The molecule has 0 spiro atoms. The smallest absolute Gasteiger partial charge is 0.373 e. The summed E-state index contributed by atoms with van der Waals surface area (Å²) in [5, 5.41) is 0. The van der Waals surface area contributed by atoms with Crippen molar-refractivity contribution in [3.63, 3.8) is 0 Å². The van der Waals surface area contributed by atoms with Crippen molar-refractivity contribution in [1.29, 1.82) is 0 Å². The third kappa shape index (κ3) is 2.06. The largest absolute Gasteiger partial charge is 0.456 e. The van der Waals surface area contributed by atoms with Crippen molar-refractivity contribution in [2.75, 3.05) is 0 Å². The fourth-order valence-electron chi connectivity index (χ4n) is 5.12. The molecule has 0 amide bonds. The second-order valence-electron chi connectivity index (χ2n) is 6.72. The molecule has 4 bridgehead atoms. The van der Waals surface area contributed by atoms with E-state index in [1.807, 2.05) is 0 Å². The number of ether oxygens (including phenoxy) is 1. The maximum absolute atomic E-state index is 13.0. The van der Waals surface area contributed by atoms with Crippen molar-refractivity contribution in [2.24, 2.45) is 23.2 Å². The van der Waals surface area contributed by atoms with Gasteiger partial charge < -0.3 is 4.74 Å². The molecular formula is C15H19F3O2. The Bertz CT molecular complexity index is 442. The van der Waals surface area contributed by atoms with Crippen molar-refractivity contribution >= 4 is 5.97 Å². The highest BCUT2D eigenvalue weighted by atomic mass is 19.3. The van der Waals surface area contributed by atoms with Crippen LogP contribution in [0.1, 0.15) is 45.4 Å². The number of esters is 1. The normalized spacial score (nSPS) is 41.6. The van der Waals surface area contributed by atoms with Gasteiger partial charge >= 0.3 is 12.0 Å². The van der Waals surface area contributed by atoms with E-state index in [1.54, 1.807) is 0 Å². The lowest BCUT2D eigenvalue weighted by Gasteiger charge is -2.60. The van der Waals surface area contributed by atoms with Crippen molar-refractivity contribution in [3.8, 4) is 0 Å². The highest BCUT2D eigenvalue weighted by molar-refractivity contribution is 5.86. The van der Waals surface area contributed by atoms with Gasteiger partial charge in [0.1, 0.15) is 6.10 Å². The highest BCUT2D eigenvalue weighted by Crippen LogP contribution is 2.62. The third-order valence-electron chi connectivity index (χ3n) is 5.64. The zero-order chi connectivity index (χ0) is 14.5. The molecule has 112 valence electrons. The summed E-state index contributed by atoms with van der Waals surface area (Å²) >= 11 is 0. The average Bonchev–Trinajstić information content (AvgIpc) is 2.40. The van der Waals surface area contributed by atoms with Crippen LogP contribution in [0.25, 0.3) is 0 Å². The minimum atomic E-state index is -2.59. The van der Waals surface area contributed by atoms with E-state index in [4.69, 9.17) is 4.74 Å². The summed E-state index contributed by atoms with van der Waals surface area (Å²) < 4.78 is 42.6. The molecule has 0 aliphatic heterocycles. The monoisotopic (exact) mass is 288 g/mol. The fraction of sp³-hybridized carbons (Fsp3) is 0.800. The van der Waals surface area contributed by atoms with Crippen LogP contribution < -0.4 is 0 Å². The van der Waals surface area contributed by atoms with Crippen LogP contribution in [0.2, 0.25) is 0 Å². The second kappa shape index (κ2) is 4.78. The molecule has 0 aromatic carbocycles. The van der Waals surface area contributed by atoms with Gasteiger partial charge in [-0.3, -0.25) is 0 Å². The van der Waals surface area contributed by atoms with Crippen LogP contribution in [0.15, 0.2) is 11.9 Å². The first-order valence-electron chi connectivity index (χ1n) is 7.37. The maximum Gasteiger partial charge on any atom is 0.373 e. The lowest BCUT2D eigenvalue weighted by Crippen LogP contribution is -2.57. The molecule has 20 heavy (non-hydrogen) atoms. The molecule has 2 nitrogen and oxygen atoms in total. The number of carbonyl (C=O) groups excluding carboxylic acids is 1. The Hall–Kier alpha value is -1.00. The van der Waals surface area contributed by atoms with Crippen LogP contribution in [-0.2, 0) is 9.53 Å². The van der Waals surface area contributed by atoms with Crippen LogP contribution >= 0.6 is 0 Å². The summed E-state index contributed by atoms with van der Waals surface area (Å²) in [5.74, 6) is -1.97. The topological polar surface area (TPSA) is 26.3 Å². The zero-order valence-corrected chi connectivity index (χ0v) is 11.5. The Morgan fingerprint density at radius 3 is 2.25 bits per heavy atom. The highest BCUT2D eigenvalue weighted by Gasteiger charge is 2.58. The van der Waals surface area contributed by atoms with Gasteiger partial charge in [0.05, 0.1) is 0 Å². The van der Waals surface area contributed by atoms with Gasteiger partial charge in [0.15, 0.2) is 0 Å². The van der Waals surface area contributed by atoms with Crippen LogP contribution in [0.4, 0.5) is 13.2 Å². The van der Waals surface area contributed by atoms with Gasteiger partial charge in [0, 0.05) is 5.41 Å². The Labute approximate surface area is 116 Å². The first-order valence-corrected chi connectivity index (χ1v) is 7.37. The van der Waals surface area contributed by atoms with Gasteiger partial charge in [-0.25, -0.2) is 4.79 Å². The second-order valence-corrected chi connectivity index (χ2v) is 6.72. The molecule has 4 saturated carbocycles. The van der Waals surface area contributed by atoms with Crippen molar-refractivity contribution in [2.45, 2.75) is 51.6 Å². The molecule has 5 heteroatoms. The number of carbonyl (C=O) groups is 1. The molecule has 4 rings (SSSR count). The standard InChI is InChI=1S/C15H19F3O2/c1-2-15-6-8-3-9(7-15)5-10(4-8)12(15)20-14(19)11(16)13(17)18/h8-10,12H,2-7H2,1H3. The predicted molar refractivity (Wildman–Crippen MR) is 66.5 cm³/mol. The van der Waals surface area contributed by atoms with Gasteiger partial charge in [0.25, 0.3) is 5.83 Å². The summed E-state index contributed by atoms with van der Waals surface area (Å²) in [7, 11) is 0. The van der Waals surface area contributed by atoms with Crippen LogP contribution in [0.5, 0.6) is 0 Å². The van der Waals surface area contributed by atoms with E-state index in [0.29, 0.717) is 11.8 Å². The minimum absolute atomic E-state index is 0.114. The van der Waals surface area contributed by atoms with E-state index in [0.717, 1.165) is 32.1 Å². The molecule has 4 aliphatic carbocycles. The van der Waals surface area contributed by atoms with Gasteiger partial charge in [-0.15, -0.1) is 0 Å². The van der Waals surface area contributed by atoms with Crippen LogP contribution in [0, 0.1) is 23.2 Å². The quantitative estimate of drug-likeness (QED) is 0.574. The van der Waals surface area contributed by atoms with Crippen LogP contribution in [0.3, 0.4) is 0 Å². The summed E-state index contributed by atoms with van der Waals surface area (Å²) in [6.45, 7) is 2.05. The number of hydrogen-bond acceptors (Lipinski definition) is 2. The van der Waals surface area contributed by atoms with E-state index < -0.39 is 24.0 Å². The molecule has 0 N–H and O–H groups in total. The number of hydrogen-bond donors (Lipinski definition) is 0. The van der Waals surface area contributed by atoms with Gasteiger partial charge in [0.2, 0.25) is 0 Å². The van der Waals surface area contributed by atoms with Crippen molar-refractivity contribution in [3.05, 3.63) is 11.9 Å². The summed E-state index contributed by atoms with van der Waals surface area (Å²) in [4.78, 5) is 11.5. The zero-order valence-electron chi connectivity index (χ0n) is 11.5. The Balaban J connectivity index is 1.82. The minimum Gasteiger partial charge on any atom is -0.456 e. The average molecular weight is 288 g/mol. The SMILES string of the molecule is CCC12CC3CC(CC(C3)C1OC(=O)C(F)=C(F)F)C2. The molecule has 0 heterocycles. The maximum atomic E-state index is 13.0. The molecule has 3 atom stereocenters. The number of halogens is 3. The fourth-order valence-corrected chi connectivity index (χ4v) is 5.12. The van der Waals surface area contributed by atoms with Crippen molar-refractivity contribution in [1.82, 2.24) is 0 Å². The Kier molecular flexibility index (Phi) is 3.33. The first-order chi connectivity index (χ1) is 9.45. The van der Waals surface area contributed by atoms with Gasteiger partial charge in [-0.2, -0.15) is 13.2 Å².